The Morgan fingerprint density at radius 2 is 1.84 bits per heavy atom. The van der Waals surface area contributed by atoms with Crippen LogP contribution in [0.5, 0.6) is 0 Å². The summed E-state index contributed by atoms with van der Waals surface area (Å²) in [4.78, 5) is 0. The van der Waals surface area contributed by atoms with Crippen LogP contribution in [0.15, 0.2) is 18.2 Å². The first kappa shape index (κ1) is 15.3. The van der Waals surface area contributed by atoms with Crippen LogP contribution >= 0.6 is 30.8 Å². The molecule has 1 aromatic carbocycles. The van der Waals surface area contributed by atoms with E-state index in [-0.39, 0.29) is 23.7 Å². The highest BCUT2D eigenvalue weighted by Gasteiger charge is 2.43. The molecule has 1 aliphatic rings. The quantitative estimate of drug-likeness (QED) is 0.826. The molecule has 1 fully saturated rings. The second-order valence-electron chi connectivity index (χ2n) is 5.30. The van der Waals surface area contributed by atoms with Crippen molar-refractivity contribution in [2.75, 3.05) is 13.2 Å². The van der Waals surface area contributed by atoms with Crippen LogP contribution in [0.3, 0.4) is 0 Å². The van der Waals surface area contributed by atoms with Gasteiger partial charge in [0.15, 0.2) is 5.85 Å². The minimum Gasteiger partial charge on any atom is -0.376 e. The normalized spacial score (nSPS) is 23.0. The number of aliphatic hydroxyl groups excluding tert-OH is 1. The summed E-state index contributed by atoms with van der Waals surface area (Å²) in [5.74, 6) is -1.36. The van der Waals surface area contributed by atoms with Gasteiger partial charge in [-0.25, -0.2) is 0 Å². The fraction of sp³-hybridized carbons (Fsp3) is 0.500. The van der Waals surface area contributed by atoms with E-state index < -0.39 is 13.4 Å². The van der Waals surface area contributed by atoms with Crippen molar-refractivity contribution in [2.45, 2.75) is 19.7 Å². The summed E-state index contributed by atoms with van der Waals surface area (Å²) in [6.45, 7) is 4.40. The molecule has 1 heterocycles. The predicted octanol–water partition coefficient (Wildman–Crippen LogP) is 4.25. The standard InChI is InChI=1S/C12H15Cl2O4P/c1-12(2)6-17-19(16,18-7-12)11(15)8-3-4-9(13)10(14)5-8/h3-5,11,15H,6-7H2,1-2H3/t11-/m0/s1. The summed E-state index contributed by atoms with van der Waals surface area (Å²) in [6, 6.07) is 4.54. The molecule has 1 aliphatic heterocycles. The van der Waals surface area contributed by atoms with Gasteiger partial charge in [-0.05, 0) is 17.7 Å². The van der Waals surface area contributed by atoms with Crippen molar-refractivity contribution in [3.05, 3.63) is 33.8 Å². The van der Waals surface area contributed by atoms with Gasteiger partial charge in [0, 0.05) is 5.41 Å². The number of aliphatic hydroxyl groups is 1. The molecule has 1 saturated heterocycles. The van der Waals surface area contributed by atoms with Crippen LogP contribution in [-0.2, 0) is 13.6 Å². The van der Waals surface area contributed by atoms with Gasteiger partial charge in [-0.3, -0.25) is 4.57 Å². The summed E-state index contributed by atoms with van der Waals surface area (Å²) in [7, 11) is -3.59. The van der Waals surface area contributed by atoms with Crippen molar-refractivity contribution in [1.29, 1.82) is 0 Å². The van der Waals surface area contributed by atoms with Gasteiger partial charge in [-0.15, -0.1) is 0 Å². The van der Waals surface area contributed by atoms with Crippen molar-refractivity contribution in [2.24, 2.45) is 5.41 Å². The maximum atomic E-state index is 12.4. The lowest BCUT2D eigenvalue weighted by Crippen LogP contribution is -2.30. The van der Waals surface area contributed by atoms with Crippen molar-refractivity contribution < 1.29 is 18.7 Å². The third-order valence-electron chi connectivity index (χ3n) is 2.81. The van der Waals surface area contributed by atoms with Crippen LogP contribution in [0.2, 0.25) is 10.0 Å². The molecular weight excluding hydrogens is 310 g/mol. The molecule has 0 aromatic heterocycles. The largest absolute Gasteiger partial charge is 0.376 e. The van der Waals surface area contributed by atoms with E-state index in [1.807, 2.05) is 13.8 Å². The number of hydrogen-bond acceptors (Lipinski definition) is 4. The molecule has 0 aliphatic carbocycles. The summed E-state index contributed by atoms with van der Waals surface area (Å²) < 4.78 is 23.0. The Bertz CT molecular complexity index is 518. The number of benzene rings is 1. The number of halogens is 2. The zero-order valence-electron chi connectivity index (χ0n) is 10.6. The molecule has 4 nitrogen and oxygen atoms in total. The van der Waals surface area contributed by atoms with Crippen LogP contribution in [0.1, 0.15) is 25.3 Å². The van der Waals surface area contributed by atoms with Gasteiger partial charge < -0.3 is 14.2 Å². The van der Waals surface area contributed by atoms with E-state index in [1.165, 1.54) is 12.1 Å². The molecule has 0 radical (unpaired) electrons. The first-order valence-electron chi connectivity index (χ1n) is 5.75. The molecule has 0 spiro atoms. The Morgan fingerprint density at radius 1 is 1.26 bits per heavy atom. The van der Waals surface area contributed by atoms with E-state index in [9.17, 15) is 9.67 Å². The molecule has 2 rings (SSSR count). The van der Waals surface area contributed by atoms with Crippen molar-refractivity contribution in [3.8, 4) is 0 Å². The SMILES string of the molecule is CC1(C)COP(=O)([C@H](O)c2ccc(Cl)c(Cl)c2)OC1. The van der Waals surface area contributed by atoms with Crippen molar-refractivity contribution >= 4 is 30.8 Å². The predicted molar refractivity (Wildman–Crippen MR) is 74.7 cm³/mol. The van der Waals surface area contributed by atoms with E-state index in [0.717, 1.165) is 0 Å². The van der Waals surface area contributed by atoms with Gasteiger partial charge in [-0.1, -0.05) is 43.1 Å². The van der Waals surface area contributed by atoms with Gasteiger partial charge in [-0.2, -0.15) is 0 Å². The Hall–Kier alpha value is -0.0900. The molecule has 0 bridgehead atoms. The second kappa shape index (κ2) is 5.36. The molecule has 106 valence electrons. The van der Waals surface area contributed by atoms with Crippen molar-refractivity contribution in [1.82, 2.24) is 0 Å². The van der Waals surface area contributed by atoms with E-state index in [1.54, 1.807) is 6.07 Å². The first-order chi connectivity index (χ1) is 8.73. The minimum atomic E-state index is -3.59. The summed E-state index contributed by atoms with van der Waals surface area (Å²) >= 11 is 11.7. The Morgan fingerprint density at radius 3 is 2.37 bits per heavy atom. The summed E-state index contributed by atoms with van der Waals surface area (Å²) in [5, 5.41) is 10.8. The van der Waals surface area contributed by atoms with Crippen molar-refractivity contribution in [3.63, 3.8) is 0 Å². The monoisotopic (exact) mass is 324 g/mol. The topological polar surface area (TPSA) is 55.8 Å². The molecular formula is C12H15Cl2O4P. The van der Waals surface area contributed by atoms with E-state index >= 15 is 0 Å². The van der Waals surface area contributed by atoms with Gasteiger partial charge in [0.1, 0.15) is 0 Å². The minimum absolute atomic E-state index is 0.217. The molecule has 7 heteroatoms. The second-order valence-corrected chi connectivity index (χ2v) is 8.20. The van der Waals surface area contributed by atoms with E-state index in [0.29, 0.717) is 10.6 Å². The lowest BCUT2D eigenvalue weighted by atomic mass is 9.97. The van der Waals surface area contributed by atoms with Gasteiger partial charge >= 0.3 is 7.60 Å². The van der Waals surface area contributed by atoms with Crippen LogP contribution in [0.4, 0.5) is 0 Å². The highest BCUT2D eigenvalue weighted by molar-refractivity contribution is 7.54. The Kier molecular flexibility index (Phi) is 4.32. The highest BCUT2D eigenvalue weighted by atomic mass is 35.5. The smallest absolute Gasteiger partial charge is 0.363 e. The summed E-state index contributed by atoms with van der Waals surface area (Å²) in [5.41, 5.74) is 0.142. The van der Waals surface area contributed by atoms with E-state index in [4.69, 9.17) is 32.2 Å². The maximum absolute atomic E-state index is 12.4. The van der Waals surface area contributed by atoms with Gasteiger partial charge in [0.25, 0.3) is 0 Å². The average molecular weight is 325 g/mol. The molecule has 19 heavy (non-hydrogen) atoms. The maximum Gasteiger partial charge on any atom is 0.363 e. The molecule has 0 unspecified atom stereocenters. The van der Waals surface area contributed by atoms with E-state index in [2.05, 4.69) is 0 Å². The molecule has 1 N–H and O–H groups in total. The van der Waals surface area contributed by atoms with Crippen LogP contribution in [0, 0.1) is 5.41 Å². The lowest BCUT2D eigenvalue weighted by Gasteiger charge is -2.35. The van der Waals surface area contributed by atoms with Gasteiger partial charge in [0.05, 0.1) is 23.3 Å². The third-order valence-corrected chi connectivity index (χ3v) is 5.43. The van der Waals surface area contributed by atoms with Crippen LogP contribution < -0.4 is 0 Å². The Balaban J connectivity index is 2.21. The molecule has 0 saturated carbocycles. The number of rotatable bonds is 2. The molecule has 0 amide bonds. The van der Waals surface area contributed by atoms with Crippen LogP contribution in [0.25, 0.3) is 0 Å². The van der Waals surface area contributed by atoms with Crippen LogP contribution in [-0.4, -0.2) is 18.3 Å². The average Bonchev–Trinajstić information content (AvgIpc) is 2.36. The number of hydrogen-bond donors (Lipinski definition) is 1. The highest BCUT2D eigenvalue weighted by Crippen LogP contribution is 2.63. The van der Waals surface area contributed by atoms with Gasteiger partial charge in [0.2, 0.25) is 0 Å². The molecule has 1 aromatic rings. The fourth-order valence-electron chi connectivity index (χ4n) is 1.61. The summed E-state index contributed by atoms with van der Waals surface area (Å²) in [6.07, 6.45) is 0. The molecule has 1 atom stereocenters. The zero-order chi connectivity index (χ0) is 14.3. The first-order valence-corrected chi connectivity index (χ1v) is 8.12. The third kappa shape index (κ3) is 3.33. The fourth-order valence-corrected chi connectivity index (χ4v) is 3.85. The lowest BCUT2D eigenvalue weighted by molar-refractivity contribution is 0.0229. The Labute approximate surface area is 122 Å². The zero-order valence-corrected chi connectivity index (χ0v) is 13.0.